The van der Waals surface area contributed by atoms with Crippen molar-refractivity contribution in [3.05, 3.63) is 11.9 Å². The largest absolute Gasteiger partial charge is 0.480 e. The van der Waals surface area contributed by atoms with E-state index >= 15 is 0 Å². The van der Waals surface area contributed by atoms with Crippen LogP contribution >= 0.6 is 0 Å². The van der Waals surface area contributed by atoms with E-state index in [1.807, 2.05) is 0 Å². The van der Waals surface area contributed by atoms with E-state index in [-0.39, 0.29) is 19.4 Å². The Bertz CT molecular complexity index is 325. The van der Waals surface area contributed by atoms with Crippen molar-refractivity contribution in [2.24, 2.45) is 16.5 Å². The highest BCUT2D eigenvalue weighted by Gasteiger charge is 2.30. The molecular weight excluding hydrogens is 225 g/mol. The van der Waals surface area contributed by atoms with Crippen molar-refractivity contribution < 1.29 is 14.3 Å². The zero-order valence-corrected chi connectivity index (χ0v) is 10.2. The summed E-state index contributed by atoms with van der Waals surface area (Å²) in [7, 11) is 0. The van der Waals surface area contributed by atoms with Crippen molar-refractivity contribution in [2.75, 3.05) is 6.54 Å². The third-order valence-corrected chi connectivity index (χ3v) is 2.49. The minimum absolute atomic E-state index is 0.112. The van der Waals surface area contributed by atoms with Crippen LogP contribution in [0.3, 0.4) is 0 Å². The lowest BCUT2D eigenvalue weighted by atomic mass is 9.92. The summed E-state index contributed by atoms with van der Waals surface area (Å²) in [4.78, 5) is 14.6. The van der Waals surface area contributed by atoms with Gasteiger partial charge in [0.15, 0.2) is 0 Å². The van der Waals surface area contributed by atoms with E-state index in [1.165, 1.54) is 6.08 Å². The van der Waals surface area contributed by atoms with Gasteiger partial charge in [0.1, 0.15) is 11.4 Å². The fourth-order valence-electron chi connectivity index (χ4n) is 1.19. The average Bonchev–Trinajstić information content (AvgIpc) is 2.25. The Balaban J connectivity index is 4.25. The SMILES string of the molecule is CC[C@](N)(CCC=C(F)CN=C(C)N)C(=O)O. The van der Waals surface area contributed by atoms with Crippen LogP contribution < -0.4 is 11.5 Å². The molecule has 0 saturated heterocycles. The molecule has 5 N–H and O–H groups in total. The number of amidine groups is 1. The molecule has 0 aromatic heterocycles. The number of halogens is 1. The first kappa shape index (κ1) is 15.6. The van der Waals surface area contributed by atoms with Crippen molar-refractivity contribution in [1.82, 2.24) is 0 Å². The van der Waals surface area contributed by atoms with Crippen molar-refractivity contribution in [3.8, 4) is 0 Å². The lowest BCUT2D eigenvalue weighted by Gasteiger charge is -2.21. The second-order valence-electron chi connectivity index (χ2n) is 3.96. The van der Waals surface area contributed by atoms with E-state index in [1.54, 1.807) is 13.8 Å². The van der Waals surface area contributed by atoms with Gasteiger partial charge in [0.25, 0.3) is 0 Å². The van der Waals surface area contributed by atoms with Gasteiger partial charge in [-0.2, -0.15) is 0 Å². The lowest BCUT2D eigenvalue weighted by molar-refractivity contribution is -0.143. The Hall–Kier alpha value is -1.43. The number of aliphatic imine (C=N–C) groups is 1. The molecule has 1 atom stereocenters. The highest BCUT2D eigenvalue weighted by molar-refractivity contribution is 5.78. The van der Waals surface area contributed by atoms with Crippen LogP contribution in [-0.4, -0.2) is 29.0 Å². The number of hydrogen-bond acceptors (Lipinski definition) is 3. The first-order valence-electron chi connectivity index (χ1n) is 5.45. The number of carboxylic acid groups (broad SMARTS) is 1. The highest BCUT2D eigenvalue weighted by Crippen LogP contribution is 2.16. The van der Waals surface area contributed by atoms with Crippen LogP contribution in [0.1, 0.15) is 33.1 Å². The fraction of sp³-hybridized carbons (Fsp3) is 0.636. The van der Waals surface area contributed by atoms with Crippen molar-refractivity contribution in [3.63, 3.8) is 0 Å². The summed E-state index contributed by atoms with van der Waals surface area (Å²) in [6.07, 6.45) is 2.06. The molecular formula is C11H20FN3O2. The standard InChI is InChI=1S/C11H20FN3O2/c1-3-11(14,10(16)17)6-4-5-9(12)7-15-8(2)13/h5H,3-4,6-7,14H2,1-2H3,(H2,13,15)(H,16,17)/t11-/m0/s1. The maximum absolute atomic E-state index is 13.2. The predicted octanol–water partition coefficient (Wildman–Crippen LogP) is 1.19. The summed E-state index contributed by atoms with van der Waals surface area (Å²) in [5.41, 5.74) is 9.62. The molecule has 0 heterocycles. The molecule has 98 valence electrons. The van der Waals surface area contributed by atoms with E-state index in [0.29, 0.717) is 12.3 Å². The first-order valence-corrected chi connectivity index (χ1v) is 5.45. The highest BCUT2D eigenvalue weighted by atomic mass is 19.1. The van der Waals surface area contributed by atoms with E-state index in [0.717, 1.165) is 0 Å². The Morgan fingerprint density at radius 2 is 2.18 bits per heavy atom. The first-order chi connectivity index (χ1) is 7.81. The average molecular weight is 245 g/mol. The second-order valence-corrected chi connectivity index (χ2v) is 3.96. The molecule has 0 spiro atoms. The second kappa shape index (κ2) is 7.01. The number of nitrogens with two attached hydrogens (primary N) is 2. The number of hydrogen-bond donors (Lipinski definition) is 3. The van der Waals surface area contributed by atoms with Crippen LogP contribution in [-0.2, 0) is 4.79 Å². The Morgan fingerprint density at radius 3 is 2.59 bits per heavy atom. The van der Waals surface area contributed by atoms with Gasteiger partial charge in [0.2, 0.25) is 0 Å². The van der Waals surface area contributed by atoms with Crippen molar-refractivity contribution in [2.45, 2.75) is 38.6 Å². The molecule has 6 heteroatoms. The fourth-order valence-corrected chi connectivity index (χ4v) is 1.19. The molecule has 0 aliphatic carbocycles. The smallest absolute Gasteiger partial charge is 0.323 e. The molecule has 0 saturated carbocycles. The van der Waals surface area contributed by atoms with Crippen LogP contribution in [0.2, 0.25) is 0 Å². The number of aliphatic carboxylic acids is 1. The third kappa shape index (κ3) is 6.01. The molecule has 0 aromatic carbocycles. The van der Waals surface area contributed by atoms with Crippen molar-refractivity contribution in [1.29, 1.82) is 0 Å². The number of allylic oxidation sites excluding steroid dienone is 1. The van der Waals surface area contributed by atoms with Crippen LogP contribution in [0.25, 0.3) is 0 Å². The molecule has 0 unspecified atom stereocenters. The molecule has 0 rings (SSSR count). The van der Waals surface area contributed by atoms with E-state index < -0.39 is 17.3 Å². The summed E-state index contributed by atoms with van der Waals surface area (Å²) >= 11 is 0. The van der Waals surface area contributed by atoms with Gasteiger partial charge in [0, 0.05) is 0 Å². The normalized spacial score (nSPS) is 16.7. The quantitative estimate of drug-likeness (QED) is 0.463. The minimum atomic E-state index is -1.29. The van der Waals surface area contributed by atoms with E-state index in [2.05, 4.69) is 4.99 Å². The summed E-state index contributed by atoms with van der Waals surface area (Å²) in [6.45, 7) is 3.15. The summed E-state index contributed by atoms with van der Waals surface area (Å²) in [6, 6.07) is 0. The minimum Gasteiger partial charge on any atom is -0.480 e. The van der Waals surface area contributed by atoms with E-state index in [4.69, 9.17) is 16.6 Å². The van der Waals surface area contributed by atoms with Gasteiger partial charge >= 0.3 is 5.97 Å². The molecule has 5 nitrogen and oxygen atoms in total. The molecule has 0 bridgehead atoms. The van der Waals surface area contributed by atoms with Gasteiger partial charge in [0.05, 0.1) is 12.4 Å². The molecule has 0 aliphatic rings. The summed E-state index contributed by atoms with van der Waals surface area (Å²) < 4.78 is 13.2. The Morgan fingerprint density at radius 1 is 1.59 bits per heavy atom. The van der Waals surface area contributed by atoms with Crippen molar-refractivity contribution >= 4 is 11.8 Å². The zero-order chi connectivity index (χ0) is 13.5. The van der Waals surface area contributed by atoms with Crippen LogP contribution in [0.15, 0.2) is 16.9 Å². The van der Waals surface area contributed by atoms with Gasteiger partial charge in [-0.05, 0) is 26.2 Å². The summed E-state index contributed by atoms with van der Waals surface area (Å²) in [5.74, 6) is -1.19. The van der Waals surface area contributed by atoms with Gasteiger partial charge in [-0.15, -0.1) is 0 Å². The Labute approximate surface area is 100 Å². The maximum atomic E-state index is 13.2. The number of carboxylic acids is 1. The van der Waals surface area contributed by atoms with Crippen LogP contribution in [0.4, 0.5) is 4.39 Å². The molecule has 17 heavy (non-hydrogen) atoms. The number of carbonyl (C=O) groups is 1. The molecule has 0 fully saturated rings. The summed E-state index contributed by atoms with van der Waals surface area (Å²) in [5, 5.41) is 8.90. The third-order valence-electron chi connectivity index (χ3n) is 2.49. The monoisotopic (exact) mass is 245 g/mol. The molecule has 0 aliphatic heterocycles. The topological polar surface area (TPSA) is 102 Å². The van der Waals surface area contributed by atoms with Gasteiger partial charge in [-0.1, -0.05) is 13.0 Å². The number of nitrogens with zero attached hydrogens (tertiary/aromatic N) is 1. The van der Waals surface area contributed by atoms with Crippen LogP contribution in [0.5, 0.6) is 0 Å². The van der Waals surface area contributed by atoms with Gasteiger partial charge in [-0.25, -0.2) is 4.39 Å². The maximum Gasteiger partial charge on any atom is 0.323 e. The zero-order valence-electron chi connectivity index (χ0n) is 10.2. The molecule has 0 amide bonds. The number of rotatable bonds is 7. The van der Waals surface area contributed by atoms with E-state index in [9.17, 15) is 9.18 Å². The Kier molecular flexibility index (Phi) is 6.42. The van der Waals surface area contributed by atoms with Crippen LogP contribution in [0, 0.1) is 0 Å². The predicted molar refractivity (Wildman–Crippen MR) is 65.4 cm³/mol. The molecule has 0 radical (unpaired) electrons. The van der Waals surface area contributed by atoms with Gasteiger partial charge in [-0.3, -0.25) is 9.79 Å². The van der Waals surface area contributed by atoms with Gasteiger partial charge < -0.3 is 16.6 Å². The molecule has 0 aromatic rings. The lowest BCUT2D eigenvalue weighted by Crippen LogP contribution is -2.47.